The van der Waals surface area contributed by atoms with Crippen LogP contribution in [0.3, 0.4) is 0 Å². The second-order valence-electron chi connectivity index (χ2n) is 4.87. The molecule has 0 saturated heterocycles. The van der Waals surface area contributed by atoms with Gasteiger partial charge in [0.2, 0.25) is 0 Å². The SMILES string of the molecule is COc1ccc2c(c1)OC(c1ccccc1Br)CC2N. The molecule has 104 valence electrons. The fourth-order valence-electron chi connectivity index (χ4n) is 2.54. The molecule has 3 nitrogen and oxygen atoms in total. The van der Waals surface area contributed by atoms with Crippen LogP contribution in [0.15, 0.2) is 46.9 Å². The van der Waals surface area contributed by atoms with E-state index >= 15 is 0 Å². The molecule has 1 aliphatic rings. The topological polar surface area (TPSA) is 44.5 Å². The summed E-state index contributed by atoms with van der Waals surface area (Å²) in [6.45, 7) is 0. The van der Waals surface area contributed by atoms with Crippen molar-refractivity contribution in [2.75, 3.05) is 7.11 Å². The van der Waals surface area contributed by atoms with Crippen LogP contribution in [-0.2, 0) is 0 Å². The lowest BCUT2D eigenvalue weighted by Crippen LogP contribution is -2.24. The number of benzene rings is 2. The van der Waals surface area contributed by atoms with Gasteiger partial charge >= 0.3 is 0 Å². The number of ether oxygens (including phenoxy) is 2. The summed E-state index contributed by atoms with van der Waals surface area (Å²) in [5.74, 6) is 1.59. The molecule has 20 heavy (non-hydrogen) atoms. The zero-order valence-corrected chi connectivity index (χ0v) is 12.8. The lowest BCUT2D eigenvalue weighted by Gasteiger charge is -2.31. The Balaban J connectivity index is 1.97. The van der Waals surface area contributed by atoms with Crippen LogP contribution in [0.25, 0.3) is 0 Å². The van der Waals surface area contributed by atoms with Gasteiger partial charge in [0.15, 0.2) is 0 Å². The lowest BCUT2D eigenvalue weighted by atomic mass is 9.93. The number of nitrogens with two attached hydrogens (primary N) is 1. The second-order valence-corrected chi connectivity index (χ2v) is 5.73. The highest BCUT2D eigenvalue weighted by molar-refractivity contribution is 9.10. The molecule has 0 spiro atoms. The normalized spacial score (nSPS) is 20.9. The molecule has 2 aromatic rings. The summed E-state index contributed by atoms with van der Waals surface area (Å²) < 4.78 is 12.4. The van der Waals surface area contributed by atoms with Gasteiger partial charge < -0.3 is 15.2 Å². The molecular weight excluding hydrogens is 318 g/mol. The number of hydrogen-bond acceptors (Lipinski definition) is 3. The molecule has 2 N–H and O–H groups in total. The van der Waals surface area contributed by atoms with Gasteiger partial charge in [-0.25, -0.2) is 0 Å². The molecule has 0 aliphatic carbocycles. The zero-order chi connectivity index (χ0) is 14.1. The minimum atomic E-state index is -0.0415. The first-order valence-corrected chi connectivity index (χ1v) is 7.33. The Morgan fingerprint density at radius 2 is 2.00 bits per heavy atom. The quantitative estimate of drug-likeness (QED) is 0.903. The molecule has 3 rings (SSSR count). The van der Waals surface area contributed by atoms with E-state index in [4.69, 9.17) is 15.2 Å². The maximum atomic E-state index is 6.28. The van der Waals surface area contributed by atoms with Crippen molar-refractivity contribution in [3.63, 3.8) is 0 Å². The number of fused-ring (bicyclic) bond motifs is 1. The van der Waals surface area contributed by atoms with Gasteiger partial charge in [0.1, 0.15) is 17.6 Å². The van der Waals surface area contributed by atoms with E-state index in [9.17, 15) is 0 Å². The number of halogens is 1. The molecule has 2 aromatic carbocycles. The van der Waals surface area contributed by atoms with Crippen molar-refractivity contribution in [2.45, 2.75) is 18.6 Å². The van der Waals surface area contributed by atoms with Crippen LogP contribution in [-0.4, -0.2) is 7.11 Å². The predicted molar refractivity (Wildman–Crippen MR) is 82.1 cm³/mol. The summed E-state index contributed by atoms with van der Waals surface area (Å²) in [5.41, 5.74) is 8.44. The Bertz CT molecular complexity index is 630. The Labute approximate surface area is 126 Å². The highest BCUT2D eigenvalue weighted by Gasteiger charge is 2.28. The van der Waals surface area contributed by atoms with E-state index in [0.717, 1.165) is 33.5 Å². The van der Waals surface area contributed by atoms with Crippen molar-refractivity contribution in [1.82, 2.24) is 0 Å². The summed E-state index contributed by atoms with van der Waals surface area (Å²) in [6, 6.07) is 13.9. The smallest absolute Gasteiger partial charge is 0.128 e. The predicted octanol–water partition coefficient (Wildman–Crippen LogP) is 3.98. The van der Waals surface area contributed by atoms with Gasteiger partial charge in [-0.15, -0.1) is 0 Å². The van der Waals surface area contributed by atoms with Crippen molar-refractivity contribution in [3.8, 4) is 11.5 Å². The van der Waals surface area contributed by atoms with E-state index in [1.807, 2.05) is 36.4 Å². The van der Waals surface area contributed by atoms with Crippen molar-refractivity contribution in [2.24, 2.45) is 5.73 Å². The standard InChI is InChI=1S/C16H16BrNO2/c1-19-10-6-7-12-14(18)9-16(20-15(12)8-10)11-4-2-3-5-13(11)17/h2-8,14,16H,9,18H2,1H3. The average molecular weight is 334 g/mol. The van der Waals surface area contributed by atoms with Gasteiger partial charge in [0.05, 0.1) is 7.11 Å². The molecular formula is C16H16BrNO2. The fourth-order valence-corrected chi connectivity index (χ4v) is 3.08. The van der Waals surface area contributed by atoms with Crippen molar-refractivity contribution < 1.29 is 9.47 Å². The van der Waals surface area contributed by atoms with Gasteiger partial charge in [-0.05, 0) is 12.1 Å². The van der Waals surface area contributed by atoms with E-state index in [-0.39, 0.29) is 12.1 Å². The molecule has 0 bridgehead atoms. The molecule has 0 amide bonds. The van der Waals surface area contributed by atoms with Crippen molar-refractivity contribution in [3.05, 3.63) is 58.1 Å². The van der Waals surface area contributed by atoms with E-state index < -0.39 is 0 Å². The molecule has 2 unspecified atom stereocenters. The molecule has 0 saturated carbocycles. The van der Waals surface area contributed by atoms with E-state index in [0.29, 0.717) is 0 Å². The number of rotatable bonds is 2. The highest BCUT2D eigenvalue weighted by Crippen LogP contribution is 2.42. The monoisotopic (exact) mass is 333 g/mol. The Hall–Kier alpha value is -1.52. The molecule has 0 fully saturated rings. The third-order valence-electron chi connectivity index (χ3n) is 3.61. The highest BCUT2D eigenvalue weighted by atomic mass is 79.9. The first-order valence-electron chi connectivity index (χ1n) is 6.53. The van der Waals surface area contributed by atoms with Crippen LogP contribution in [0, 0.1) is 0 Å². The lowest BCUT2D eigenvalue weighted by molar-refractivity contribution is 0.160. The largest absolute Gasteiger partial charge is 0.497 e. The maximum Gasteiger partial charge on any atom is 0.128 e. The van der Waals surface area contributed by atoms with Gasteiger partial charge in [-0.3, -0.25) is 0 Å². The van der Waals surface area contributed by atoms with Gasteiger partial charge in [-0.2, -0.15) is 0 Å². The van der Waals surface area contributed by atoms with Crippen LogP contribution in [0.1, 0.15) is 29.7 Å². The molecule has 0 aromatic heterocycles. The first-order chi connectivity index (χ1) is 9.69. The molecule has 2 atom stereocenters. The number of methoxy groups -OCH3 is 1. The minimum Gasteiger partial charge on any atom is -0.497 e. The van der Waals surface area contributed by atoms with Crippen molar-refractivity contribution in [1.29, 1.82) is 0 Å². The van der Waals surface area contributed by atoms with Gasteiger partial charge in [0.25, 0.3) is 0 Å². The Kier molecular flexibility index (Phi) is 3.68. The van der Waals surface area contributed by atoms with Crippen LogP contribution in [0.2, 0.25) is 0 Å². The maximum absolute atomic E-state index is 6.28. The average Bonchev–Trinajstić information content (AvgIpc) is 2.47. The summed E-state index contributed by atoms with van der Waals surface area (Å²) >= 11 is 3.57. The minimum absolute atomic E-state index is 0.0261. The Morgan fingerprint density at radius 3 is 2.75 bits per heavy atom. The van der Waals surface area contributed by atoms with Crippen LogP contribution >= 0.6 is 15.9 Å². The summed E-state index contributed by atoms with van der Waals surface area (Å²) in [4.78, 5) is 0. The molecule has 4 heteroatoms. The fraction of sp³-hybridized carbons (Fsp3) is 0.250. The van der Waals surface area contributed by atoms with Gasteiger partial charge in [-0.1, -0.05) is 40.2 Å². The third-order valence-corrected chi connectivity index (χ3v) is 4.33. The first kappa shape index (κ1) is 13.5. The Morgan fingerprint density at radius 1 is 1.20 bits per heavy atom. The van der Waals surface area contributed by atoms with E-state index in [1.165, 1.54) is 0 Å². The van der Waals surface area contributed by atoms with Crippen LogP contribution in [0.5, 0.6) is 11.5 Å². The van der Waals surface area contributed by atoms with E-state index in [1.54, 1.807) is 7.11 Å². The number of hydrogen-bond donors (Lipinski definition) is 1. The summed E-state index contributed by atoms with van der Waals surface area (Å²) in [5, 5.41) is 0. The third kappa shape index (κ3) is 2.41. The van der Waals surface area contributed by atoms with Crippen molar-refractivity contribution >= 4 is 15.9 Å². The second kappa shape index (κ2) is 5.46. The molecule has 1 aliphatic heterocycles. The summed E-state index contributed by atoms with van der Waals surface area (Å²) in [7, 11) is 1.65. The molecule has 0 radical (unpaired) electrons. The van der Waals surface area contributed by atoms with Gasteiger partial charge in [0, 0.05) is 34.1 Å². The summed E-state index contributed by atoms with van der Waals surface area (Å²) in [6.07, 6.45) is 0.724. The van der Waals surface area contributed by atoms with Crippen LogP contribution in [0.4, 0.5) is 0 Å². The van der Waals surface area contributed by atoms with Crippen LogP contribution < -0.4 is 15.2 Å². The zero-order valence-electron chi connectivity index (χ0n) is 11.2. The van der Waals surface area contributed by atoms with E-state index in [2.05, 4.69) is 22.0 Å². The molecule has 1 heterocycles.